The molecule has 0 saturated heterocycles. The zero-order valence-electron chi connectivity index (χ0n) is 9.25. The predicted octanol–water partition coefficient (Wildman–Crippen LogP) is 3.01. The third kappa shape index (κ3) is 2.82. The molecular formula is C12H12N2O2S. The molecule has 2 aromatic rings. The summed E-state index contributed by atoms with van der Waals surface area (Å²) in [5.41, 5.74) is 2.07. The minimum absolute atomic E-state index is 0.0544. The molecular weight excluding hydrogens is 236 g/mol. The zero-order valence-corrected chi connectivity index (χ0v) is 10.1. The fraction of sp³-hybridized carbons (Fsp3) is 0.167. The van der Waals surface area contributed by atoms with Crippen molar-refractivity contribution in [2.75, 3.05) is 5.32 Å². The minimum atomic E-state index is -1.01. The van der Waals surface area contributed by atoms with Crippen LogP contribution in [-0.4, -0.2) is 16.1 Å². The van der Waals surface area contributed by atoms with Gasteiger partial charge in [0.2, 0.25) is 0 Å². The number of nitrogens with zero attached hydrogens (tertiary/aromatic N) is 1. The van der Waals surface area contributed by atoms with Gasteiger partial charge in [-0.1, -0.05) is 0 Å². The number of hydrogen-bond donors (Lipinski definition) is 2. The van der Waals surface area contributed by atoms with Crippen LogP contribution in [0.3, 0.4) is 0 Å². The van der Waals surface area contributed by atoms with Gasteiger partial charge in [0.25, 0.3) is 0 Å². The Hall–Kier alpha value is -1.88. The fourth-order valence-electron chi connectivity index (χ4n) is 1.46. The van der Waals surface area contributed by atoms with Crippen molar-refractivity contribution in [2.45, 2.75) is 13.0 Å². The molecule has 4 nitrogen and oxygen atoms in total. The number of rotatable bonds is 4. The molecule has 0 aliphatic heterocycles. The van der Waals surface area contributed by atoms with Crippen molar-refractivity contribution in [3.63, 3.8) is 0 Å². The van der Waals surface area contributed by atoms with Crippen LogP contribution in [0.25, 0.3) is 0 Å². The van der Waals surface area contributed by atoms with Gasteiger partial charge in [-0.25, -0.2) is 9.78 Å². The average molecular weight is 248 g/mol. The molecule has 1 atom stereocenters. The first-order chi connectivity index (χ1) is 8.16. The van der Waals surface area contributed by atoms with E-state index >= 15 is 0 Å². The van der Waals surface area contributed by atoms with Crippen LogP contribution in [0.2, 0.25) is 0 Å². The topological polar surface area (TPSA) is 62.2 Å². The molecule has 2 aromatic heterocycles. The molecule has 2 rings (SSSR count). The third-order valence-electron chi connectivity index (χ3n) is 2.41. The number of anilines is 1. The lowest BCUT2D eigenvalue weighted by Crippen LogP contribution is -2.07. The van der Waals surface area contributed by atoms with E-state index < -0.39 is 5.97 Å². The standard InChI is InChI=1S/C12H12N2O2S/c1-8(9-4-5-17-7-9)14-10-2-3-11(12(15)16)13-6-10/h2-8,14H,1H3,(H,15,16). The number of hydrogen-bond acceptors (Lipinski definition) is 4. The lowest BCUT2D eigenvalue weighted by molar-refractivity contribution is 0.0690. The summed E-state index contributed by atoms with van der Waals surface area (Å²) in [5.74, 6) is -1.01. The molecule has 0 aliphatic carbocycles. The van der Waals surface area contributed by atoms with Crippen LogP contribution >= 0.6 is 11.3 Å². The van der Waals surface area contributed by atoms with Crippen molar-refractivity contribution in [1.82, 2.24) is 4.98 Å². The molecule has 0 aliphatic rings. The molecule has 1 unspecified atom stereocenters. The number of carboxylic acid groups (broad SMARTS) is 1. The summed E-state index contributed by atoms with van der Waals surface area (Å²) in [6.07, 6.45) is 1.53. The summed E-state index contributed by atoms with van der Waals surface area (Å²) in [5, 5.41) is 16.1. The summed E-state index contributed by atoms with van der Waals surface area (Å²) in [6.45, 7) is 2.05. The molecule has 0 bridgehead atoms. The van der Waals surface area contributed by atoms with Crippen molar-refractivity contribution in [2.24, 2.45) is 0 Å². The highest BCUT2D eigenvalue weighted by atomic mass is 32.1. The predicted molar refractivity (Wildman–Crippen MR) is 67.6 cm³/mol. The van der Waals surface area contributed by atoms with Crippen molar-refractivity contribution in [1.29, 1.82) is 0 Å². The molecule has 88 valence electrons. The zero-order chi connectivity index (χ0) is 12.3. The second kappa shape index (κ2) is 4.97. The van der Waals surface area contributed by atoms with Gasteiger partial charge in [0.15, 0.2) is 0 Å². The third-order valence-corrected chi connectivity index (χ3v) is 3.11. The van der Waals surface area contributed by atoms with E-state index in [-0.39, 0.29) is 11.7 Å². The number of aromatic carboxylic acids is 1. The normalized spacial score (nSPS) is 12.1. The Labute approximate surface area is 103 Å². The number of aromatic nitrogens is 1. The second-order valence-corrected chi connectivity index (χ2v) is 4.44. The molecule has 0 amide bonds. The van der Waals surface area contributed by atoms with E-state index in [1.807, 2.05) is 12.3 Å². The van der Waals surface area contributed by atoms with E-state index in [1.165, 1.54) is 17.8 Å². The lowest BCUT2D eigenvalue weighted by Gasteiger charge is -2.13. The number of carboxylic acids is 1. The average Bonchev–Trinajstić information content (AvgIpc) is 2.83. The van der Waals surface area contributed by atoms with Crippen LogP contribution in [0.15, 0.2) is 35.2 Å². The van der Waals surface area contributed by atoms with E-state index in [2.05, 4.69) is 21.7 Å². The van der Waals surface area contributed by atoms with Gasteiger partial charge in [-0.15, -0.1) is 0 Å². The highest BCUT2D eigenvalue weighted by Crippen LogP contribution is 2.20. The van der Waals surface area contributed by atoms with Gasteiger partial charge >= 0.3 is 5.97 Å². The van der Waals surface area contributed by atoms with Gasteiger partial charge in [0.1, 0.15) is 5.69 Å². The van der Waals surface area contributed by atoms with Crippen molar-refractivity contribution >= 4 is 23.0 Å². The molecule has 0 saturated carbocycles. The van der Waals surface area contributed by atoms with Crippen LogP contribution < -0.4 is 5.32 Å². The number of carbonyl (C=O) groups is 1. The molecule has 0 radical (unpaired) electrons. The Morgan fingerprint density at radius 3 is 2.82 bits per heavy atom. The Morgan fingerprint density at radius 2 is 2.29 bits per heavy atom. The highest BCUT2D eigenvalue weighted by Gasteiger charge is 2.07. The van der Waals surface area contributed by atoms with Gasteiger partial charge in [-0.05, 0) is 41.4 Å². The first-order valence-electron chi connectivity index (χ1n) is 5.15. The molecule has 0 aromatic carbocycles. The summed E-state index contributed by atoms with van der Waals surface area (Å²) >= 11 is 1.65. The lowest BCUT2D eigenvalue weighted by atomic mass is 10.2. The van der Waals surface area contributed by atoms with Gasteiger partial charge in [0.05, 0.1) is 11.9 Å². The largest absolute Gasteiger partial charge is 0.477 e. The smallest absolute Gasteiger partial charge is 0.354 e. The van der Waals surface area contributed by atoms with E-state index in [0.717, 1.165) is 5.69 Å². The molecule has 5 heteroatoms. The van der Waals surface area contributed by atoms with Crippen molar-refractivity contribution in [3.05, 3.63) is 46.4 Å². The maximum absolute atomic E-state index is 10.6. The molecule has 0 spiro atoms. The van der Waals surface area contributed by atoms with Crippen molar-refractivity contribution < 1.29 is 9.90 Å². The highest BCUT2D eigenvalue weighted by molar-refractivity contribution is 7.07. The molecule has 0 fully saturated rings. The first kappa shape index (κ1) is 11.6. The fourth-order valence-corrected chi connectivity index (χ4v) is 2.21. The van der Waals surface area contributed by atoms with Gasteiger partial charge in [0, 0.05) is 6.04 Å². The Morgan fingerprint density at radius 1 is 1.47 bits per heavy atom. The number of nitrogens with one attached hydrogen (secondary N) is 1. The number of pyridine rings is 1. The summed E-state index contributed by atoms with van der Waals surface area (Å²) < 4.78 is 0. The van der Waals surface area contributed by atoms with Crippen LogP contribution in [0, 0.1) is 0 Å². The summed E-state index contributed by atoms with van der Waals surface area (Å²) in [6, 6.07) is 5.45. The van der Waals surface area contributed by atoms with Crippen molar-refractivity contribution in [3.8, 4) is 0 Å². The second-order valence-electron chi connectivity index (χ2n) is 3.66. The Kier molecular flexibility index (Phi) is 3.39. The van der Waals surface area contributed by atoms with Gasteiger partial charge in [-0.2, -0.15) is 11.3 Å². The Bertz CT molecular complexity index is 494. The van der Waals surface area contributed by atoms with Crippen LogP contribution in [0.4, 0.5) is 5.69 Å². The van der Waals surface area contributed by atoms with Crippen LogP contribution in [0.5, 0.6) is 0 Å². The van der Waals surface area contributed by atoms with Crippen LogP contribution in [-0.2, 0) is 0 Å². The first-order valence-corrected chi connectivity index (χ1v) is 6.09. The SMILES string of the molecule is CC(Nc1ccc(C(=O)O)nc1)c1ccsc1. The monoisotopic (exact) mass is 248 g/mol. The molecule has 2 N–H and O–H groups in total. The van der Waals surface area contributed by atoms with E-state index in [0.29, 0.717) is 0 Å². The number of thiophene rings is 1. The maximum Gasteiger partial charge on any atom is 0.354 e. The molecule has 2 heterocycles. The van der Waals surface area contributed by atoms with E-state index in [1.54, 1.807) is 17.4 Å². The van der Waals surface area contributed by atoms with Gasteiger partial charge in [-0.3, -0.25) is 0 Å². The minimum Gasteiger partial charge on any atom is -0.477 e. The van der Waals surface area contributed by atoms with Gasteiger partial charge < -0.3 is 10.4 Å². The summed E-state index contributed by atoms with van der Waals surface area (Å²) in [7, 11) is 0. The quantitative estimate of drug-likeness (QED) is 0.873. The van der Waals surface area contributed by atoms with E-state index in [9.17, 15) is 4.79 Å². The Balaban J connectivity index is 2.06. The maximum atomic E-state index is 10.6. The summed E-state index contributed by atoms with van der Waals surface area (Å²) in [4.78, 5) is 14.5. The van der Waals surface area contributed by atoms with Crippen LogP contribution in [0.1, 0.15) is 29.0 Å². The molecule has 17 heavy (non-hydrogen) atoms. The van der Waals surface area contributed by atoms with E-state index in [4.69, 9.17) is 5.11 Å².